The Morgan fingerprint density at radius 3 is 2.47 bits per heavy atom. The summed E-state index contributed by atoms with van der Waals surface area (Å²) in [4.78, 5) is 8.92. The van der Waals surface area contributed by atoms with Crippen LogP contribution in [0.1, 0.15) is 22.5 Å². The van der Waals surface area contributed by atoms with Gasteiger partial charge in [-0.15, -0.1) is 0 Å². The van der Waals surface area contributed by atoms with E-state index in [1.54, 1.807) is 0 Å². The molecule has 5 heteroatoms. The van der Waals surface area contributed by atoms with Gasteiger partial charge in [0.1, 0.15) is 15.9 Å². The Morgan fingerprint density at radius 2 is 1.84 bits per heavy atom. The number of nitrogens with two attached hydrogens (primary N) is 1. The van der Waals surface area contributed by atoms with Crippen LogP contribution >= 0.6 is 11.8 Å². The molecule has 4 nitrogen and oxygen atoms in total. The summed E-state index contributed by atoms with van der Waals surface area (Å²) in [6.45, 7) is 5.92. The predicted molar refractivity (Wildman–Crippen MR) is 77.8 cm³/mol. The molecule has 3 N–H and O–H groups in total. The minimum Gasteiger partial charge on any atom is -0.384 e. The largest absolute Gasteiger partial charge is 0.384 e. The normalized spacial score (nSPS) is 10.5. The van der Waals surface area contributed by atoms with Crippen LogP contribution in [0.2, 0.25) is 0 Å². The highest BCUT2D eigenvalue weighted by Crippen LogP contribution is 2.28. The number of nitrogens with zero attached hydrogens (tertiary/aromatic N) is 2. The van der Waals surface area contributed by atoms with Crippen LogP contribution in [0.15, 0.2) is 34.3 Å². The molecule has 2 heterocycles. The first-order valence-corrected chi connectivity index (χ1v) is 6.72. The number of pyridine rings is 2. The fraction of sp³-hybridized carbons (Fsp3) is 0.214. The molecule has 2 aromatic rings. The summed E-state index contributed by atoms with van der Waals surface area (Å²) in [5.74, 6) is 0.0272. The van der Waals surface area contributed by atoms with Gasteiger partial charge in [-0.05, 0) is 62.4 Å². The molecule has 19 heavy (non-hydrogen) atoms. The molecule has 0 saturated heterocycles. The molecule has 2 rings (SSSR count). The summed E-state index contributed by atoms with van der Waals surface area (Å²) in [6.07, 6.45) is 0. The molecule has 0 aliphatic rings. The predicted octanol–water partition coefficient (Wildman–Crippen LogP) is 2.84. The average molecular weight is 272 g/mol. The van der Waals surface area contributed by atoms with Crippen LogP contribution in [0.3, 0.4) is 0 Å². The van der Waals surface area contributed by atoms with Crippen LogP contribution in [0.4, 0.5) is 0 Å². The summed E-state index contributed by atoms with van der Waals surface area (Å²) < 4.78 is 0. The molecule has 0 aromatic carbocycles. The Morgan fingerprint density at radius 1 is 1.11 bits per heavy atom. The number of rotatable bonds is 3. The van der Waals surface area contributed by atoms with E-state index < -0.39 is 0 Å². The van der Waals surface area contributed by atoms with Crippen molar-refractivity contribution in [3.63, 3.8) is 0 Å². The van der Waals surface area contributed by atoms with Crippen molar-refractivity contribution >= 4 is 17.6 Å². The first-order valence-electron chi connectivity index (χ1n) is 5.91. The molecule has 0 aliphatic heterocycles. The third kappa shape index (κ3) is 3.32. The van der Waals surface area contributed by atoms with E-state index in [1.165, 1.54) is 11.8 Å². The highest BCUT2D eigenvalue weighted by Gasteiger charge is 2.10. The maximum atomic E-state index is 7.60. The molecular weight excluding hydrogens is 256 g/mol. The van der Waals surface area contributed by atoms with Gasteiger partial charge < -0.3 is 5.73 Å². The molecule has 0 spiro atoms. The average Bonchev–Trinajstić information content (AvgIpc) is 2.26. The van der Waals surface area contributed by atoms with Gasteiger partial charge in [-0.2, -0.15) is 0 Å². The van der Waals surface area contributed by atoms with Crippen molar-refractivity contribution < 1.29 is 0 Å². The third-order valence-corrected chi connectivity index (χ3v) is 3.49. The highest BCUT2D eigenvalue weighted by molar-refractivity contribution is 7.99. The topological polar surface area (TPSA) is 75.7 Å². The van der Waals surface area contributed by atoms with E-state index in [1.807, 2.05) is 45.0 Å². The third-order valence-electron chi connectivity index (χ3n) is 2.57. The van der Waals surface area contributed by atoms with E-state index in [0.29, 0.717) is 5.56 Å². The van der Waals surface area contributed by atoms with Gasteiger partial charge in [-0.3, -0.25) is 5.41 Å². The van der Waals surface area contributed by atoms with Crippen LogP contribution in [0, 0.1) is 26.2 Å². The molecule has 0 saturated carbocycles. The zero-order chi connectivity index (χ0) is 14.0. The van der Waals surface area contributed by atoms with E-state index in [-0.39, 0.29) is 5.84 Å². The van der Waals surface area contributed by atoms with Crippen molar-refractivity contribution in [3.05, 3.63) is 46.8 Å². The highest BCUT2D eigenvalue weighted by atomic mass is 32.2. The summed E-state index contributed by atoms with van der Waals surface area (Å²) in [5.41, 5.74) is 9.27. The fourth-order valence-corrected chi connectivity index (χ4v) is 2.88. The minimum absolute atomic E-state index is 0.0272. The monoisotopic (exact) mass is 272 g/mol. The number of nitrogen functional groups attached to an aromatic ring is 1. The van der Waals surface area contributed by atoms with Gasteiger partial charge in [0.25, 0.3) is 0 Å². The number of hydrogen-bond acceptors (Lipinski definition) is 4. The summed E-state index contributed by atoms with van der Waals surface area (Å²) in [5, 5.41) is 9.20. The molecule has 0 unspecified atom stereocenters. The van der Waals surface area contributed by atoms with Gasteiger partial charge in [0.05, 0.1) is 0 Å². The van der Waals surface area contributed by atoms with Gasteiger partial charge in [-0.25, -0.2) is 9.97 Å². The lowest BCUT2D eigenvalue weighted by Crippen LogP contribution is -2.13. The minimum atomic E-state index is 0.0272. The number of nitrogens with one attached hydrogen (secondary N) is 1. The summed E-state index contributed by atoms with van der Waals surface area (Å²) in [6, 6.07) is 7.72. The van der Waals surface area contributed by atoms with Gasteiger partial charge in [0.15, 0.2) is 0 Å². The van der Waals surface area contributed by atoms with Crippen molar-refractivity contribution in [1.82, 2.24) is 9.97 Å². The Hall–Kier alpha value is -1.88. The van der Waals surface area contributed by atoms with Gasteiger partial charge in [-0.1, -0.05) is 0 Å². The van der Waals surface area contributed by atoms with Gasteiger partial charge >= 0.3 is 0 Å². The van der Waals surface area contributed by atoms with Gasteiger partial charge in [0, 0.05) is 17.0 Å². The second-order valence-electron chi connectivity index (χ2n) is 4.45. The molecule has 0 aliphatic carbocycles. The van der Waals surface area contributed by atoms with E-state index in [0.717, 1.165) is 27.0 Å². The molecule has 0 bridgehead atoms. The van der Waals surface area contributed by atoms with Crippen LogP contribution in [-0.2, 0) is 0 Å². The Kier molecular flexibility index (Phi) is 3.85. The van der Waals surface area contributed by atoms with Crippen LogP contribution < -0.4 is 5.73 Å². The number of aromatic nitrogens is 2. The Balaban J connectivity index is 2.42. The van der Waals surface area contributed by atoms with Crippen LogP contribution in [0.5, 0.6) is 0 Å². The van der Waals surface area contributed by atoms with Crippen molar-refractivity contribution in [2.24, 2.45) is 5.73 Å². The second-order valence-corrected chi connectivity index (χ2v) is 5.45. The number of hydrogen-bond donors (Lipinski definition) is 2. The molecule has 0 radical (unpaired) electrons. The molecular formula is C14H16N4S. The van der Waals surface area contributed by atoms with Crippen molar-refractivity contribution in [3.8, 4) is 0 Å². The molecule has 0 amide bonds. The van der Waals surface area contributed by atoms with Crippen LogP contribution in [0.25, 0.3) is 0 Å². The van der Waals surface area contributed by atoms with Crippen molar-refractivity contribution in [2.45, 2.75) is 30.8 Å². The standard InChI is InChI=1S/C14H16N4S/c1-8-6-10(3)17-12(7-8)19-14-11(13(15)16)5-4-9(2)18-14/h4-7H,1-3H3,(H3,15,16). The van der Waals surface area contributed by atoms with E-state index >= 15 is 0 Å². The van der Waals surface area contributed by atoms with E-state index in [9.17, 15) is 0 Å². The van der Waals surface area contributed by atoms with Crippen molar-refractivity contribution in [1.29, 1.82) is 5.41 Å². The zero-order valence-electron chi connectivity index (χ0n) is 11.2. The van der Waals surface area contributed by atoms with E-state index in [2.05, 4.69) is 9.97 Å². The fourth-order valence-electron chi connectivity index (χ4n) is 1.77. The summed E-state index contributed by atoms with van der Waals surface area (Å²) in [7, 11) is 0. The maximum absolute atomic E-state index is 7.60. The first-order chi connectivity index (χ1) is 8.95. The number of amidine groups is 1. The van der Waals surface area contributed by atoms with Gasteiger partial charge in [0.2, 0.25) is 0 Å². The second kappa shape index (κ2) is 5.40. The van der Waals surface area contributed by atoms with Crippen LogP contribution in [-0.4, -0.2) is 15.8 Å². The van der Waals surface area contributed by atoms with Crippen molar-refractivity contribution in [2.75, 3.05) is 0 Å². The molecule has 2 aromatic heterocycles. The summed E-state index contributed by atoms with van der Waals surface area (Å²) >= 11 is 1.44. The lowest BCUT2D eigenvalue weighted by Gasteiger charge is -2.08. The molecule has 0 atom stereocenters. The molecule has 98 valence electrons. The quantitative estimate of drug-likeness (QED) is 0.665. The maximum Gasteiger partial charge on any atom is 0.125 e. The number of aryl methyl sites for hydroxylation is 3. The lowest BCUT2D eigenvalue weighted by atomic mass is 10.2. The zero-order valence-corrected chi connectivity index (χ0v) is 12.0. The molecule has 0 fully saturated rings. The Bertz CT molecular complexity index is 617. The smallest absolute Gasteiger partial charge is 0.125 e. The van der Waals surface area contributed by atoms with E-state index in [4.69, 9.17) is 11.1 Å². The lowest BCUT2D eigenvalue weighted by molar-refractivity contribution is 1.02. The Labute approximate surface area is 117 Å². The first kappa shape index (κ1) is 13.5. The SMILES string of the molecule is Cc1cc(C)nc(Sc2nc(C)ccc2C(=N)N)c1.